The minimum absolute atomic E-state index is 0.0797. The Bertz CT molecular complexity index is 622. The molecule has 0 aliphatic carbocycles. The van der Waals surface area contributed by atoms with Gasteiger partial charge in [0.05, 0.1) is 17.4 Å². The van der Waals surface area contributed by atoms with E-state index in [2.05, 4.69) is 0 Å². The Morgan fingerprint density at radius 3 is 2.90 bits per heavy atom. The zero-order valence-electron chi connectivity index (χ0n) is 11.5. The van der Waals surface area contributed by atoms with E-state index in [-0.39, 0.29) is 11.8 Å². The van der Waals surface area contributed by atoms with E-state index in [1.54, 1.807) is 24.3 Å². The van der Waals surface area contributed by atoms with Crippen molar-refractivity contribution in [2.45, 2.75) is 25.1 Å². The minimum Gasteiger partial charge on any atom is -0.326 e. The highest BCUT2D eigenvalue weighted by Crippen LogP contribution is 2.20. The van der Waals surface area contributed by atoms with E-state index >= 15 is 0 Å². The molecular formula is C14H19N3O2S. The Morgan fingerprint density at radius 1 is 1.50 bits per heavy atom. The van der Waals surface area contributed by atoms with Crippen LogP contribution in [0, 0.1) is 17.2 Å². The quantitative estimate of drug-likeness (QED) is 0.902. The molecule has 0 bridgehead atoms. The topological polar surface area (TPSA) is 87.2 Å². The normalized spacial score (nSPS) is 24.2. The highest BCUT2D eigenvalue weighted by atomic mass is 32.2. The van der Waals surface area contributed by atoms with Crippen molar-refractivity contribution in [3.8, 4) is 6.07 Å². The molecule has 0 radical (unpaired) electrons. The maximum absolute atomic E-state index is 12.4. The predicted molar refractivity (Wildman–Crippen MR) is 77.1 cm³/mol. The van der Waals surface area contributed by atoms with E-state index in [0.29, 0.717) is 30.1 Å². The standard InChI is InChI=1S/C14H19N3O2S/c1-11-5-6-17(9-14(11)16)20(18,19)10-13-4-2-3-12(7-13)8-15/h2-4,7,11,14H,5-6,9-10,16H2,1H3. The van der Waals surface area contributed by atoms with Gasteiger partial charge in [-0.3, -0.25) is 0 Å². The molecule has 5 nitrogen and oxygen atoms in total. The Balaban J connectivity index is 2.13. The third-order valence-corrected chi connectivity index (χ3v) is 5.59. The Labute approximate surface area is 120 Å². The number of piperidine rings is 1. The van der Waals surface area contributed by atoms with Crippen molar-refractivity contribution < 1.29 is 8.42 Å². The van der Waals surface area contributed by atoms with E-state index in [1.165, 1.54) is 4.31 Å². The Hall–Kier alpha value is -1.42. The van der Waals surface area contributed by atoms with Gasteiger partial charge in [0.15, 0.2) is 0 Å². The van der Waals surface area contributed by atoms with Crippen molar-refractivity contribution in [3.05, 3.63) is 35.4 Å². The molecule has 1 saturated heterocycles. The van der Waals surface area contributed by atoms with Crippen molar-refractivity contribution in [1.29, 1.82) is 5.26 Å². The first kappa shape index (κ1) is 15.0. The van der Waals surface area contributed by atoms with E-state index in [1.807, 2.05) is 13.0 Å². The molecule has 1 fully saturated rings. The number of nitriles is 1. The second-order valence-electron chi connectivity index (χ2n) is 5.36. The highest BCUT2D eigenvalue weighted by Gasteiger charge is 2.30. The Morgan fingerprint density at radius 2 is 2.25 bits per heavy atom. The van der Waals surface area contributed by atoms with Crippen molar-refractivity contribution in [3.63, 3.8) is 0 Å². The fourth-order valence-electron chi connectivity index (χ4n) is 2.35. The van der Waals surface area contributed by atoms with Gasteiger partial charge >= 0.3 is 0 Å². The monoisotopic (exact) mass is 293 g/mol. The zero-order valence-corrected chi connectivity index (χ0v) is 12.3. The lowest BCUT2D eigenvalue weighted by Gasteiger charge is -2.34. The molecule has 0 saturated carbocycles. The number of benzene rings is 1. The maximum atomic E-state index is 12.4. The van der Waals surface area contributed by atoms with Gasteiger partial charge in [0.1, 0.15) is 0 Å². The lowest BCUT2D eigenvalue weighted by Crippen LogP contribution is -2.49. The van der Waals surface area contributed by atoms with Crippen molar-refractivity contribution in [2.75, 3.05) is 13.1 Å². The fourth-order valence-corrected chi connectivity index (χ4v) is 3.92. The number of nitrogens with zero attached hydrogens (tertiary/aromatic N) is 2. The first-order valence-electron chi connectivity index (χ1n) is 6.65. The van der Waals surface area contributed by atoms with Gasteiger partial charge in [0.2, 0.25) is 10.0 Å². The summed E-state index contributed by atoms with van der Waals surface area (Å²) in [5, 5.41) is 8.85. The van der Waals surface area contributed by atoms with Crippen LogP contribution < -0.4 is 5.73 Å². The molecule has 20 heavy (non-hydrogen) atoms. The summed E-state index contributed by atoms with van der Waals surface area (Å²) in [5.41, 5.74) is 7.06. The minimum atomic E-state index is -3.37. The van der Waals surface area contributed by atoms with Crippen LogP contribution in [-0.2, 0) is 15.8 Å². The van der Waals surface area contributed by atoms with Gasteiger partial charge in [-0.15, -0.1) is 0 Å². The molecule has 1 aromatic rings. The third kappa shape index (κ3) is 3.37. The van der Waals surface area contributed by atoms with Crippen LogP contribution in [0.4, 0.5) is 0 Å². The van der Waals surface area contributed by atoms with E-state index in [4.69, 9.17) is 11.0 Å². The van der Waals surface area contributed by atoms with Crippen LogP contribution in [-0.4, -0.2) is 31.9 Å². The summed E-state index contributed by atoms with van der Waals surface area (Å²) in [6, 6.07) is 8.61. The van der Waals surface area contributed by atoms with E-state index in [0.717, 1.165) is 6.42 Å². The summed E-state index contributed by atoms with van der Waals surface area (Å²) in [5.74, 6) is 0.271. The molecule has 2 N–H and O–H groups in total. The van der Waals surface area contributed by atoms with E-state index < -0.39 is 10.0 Å². The van der Waals surface area contributed by atoms with Crippen LogP contribution in [0.25, 0.3) is 0 Å². The van der Waals surface area contributed by atoms with Gasteiger partial charge < -0.3 is 5.73 Å². The molecule has 2 atom stereocenters. The van der Waals surface area contributed by atoms with Crippen molar-refractivity contribution in [1.82, 2.24) is 4.31 Å². The number of sulfonamides is 1. The van der Waals surface area contributed by atoms with Crippen LogP contribution in [0.5, 0.6) is 0 Å². The predicted octanol–water partition coefficient (Wildman–Crippen LogP) is 1.06. The average Bonchev–Trinajstić information content (AvgIpc) is 2.41. The molecule has 2 rings (SSSR count). The summed E-state index contributed by atoms with van der Waals surface area (Å²) < 4.78 is 26.3. The van der Waals surface area contributed by atoms with Crippen LogP contribution in [0.15, 0.2) is 24.3 Å². The molecule has 1 aliphatic heterocycles. The van der Waals surface area contributed by atoms with Gasteiger partial charge in [-0.25, -0.2) is 12.7 Å². The van der Waals surface area contributed by atoms with Crippen molar-refractivity contribution in [2.24, 2.45) is 11.7 Å². The lowest BCUT2D eigenvalue weighted by molar-refractivity contribution is 0.252. The molecule has 0 spiro atoms. The molecule has 1 aromatic carbocycles. The van der Waals surface area contributed by atoms with Gasteiger partial charge in [-0.2, -0.15) is 5.26 Å². The van der Waals surface area contributed by atoms with Crippen LogP contribution >= 0.6 is 0 Å². The second kappa shape index (κ2) is 5.92. The lowest BCUT2D eigenvalue weighted by atomic mass is 9.96. The van der Waals surface area contributed by atoms with Gasteiger partial charge in [-0.1, -0.05) is 19.1 Å². The molecule has 6 heteroatoms. The summed E-state index contributed by atoms with van der Waals surface area (Å²) in [6.45, 7) is 2.95. The summed E-state index contributed by atoms with van der Waals surface area (Å²) in [4.78, 5) is 0. The van der Waals surface area contributed by atoms with Gasteiger partial charge in [-0.05, 0) is 30.0 Å². The SMILES string of the molecule is CC1CCN(S(=O)(=O)Cc2cccc(C#N)c2)CC1N. The maximum Gasteiger partial charge on any atom is 0.218 e. The molecule has 0 amide bonds. The molecule has 2 unspecified atom stereocenters. The third-order valence-electron chi connectivity index (χ3n) is 3.78. The second-order valence-corrected chi connectivity index (χ2v) is 7.33. The molecule has 1 aliphatic rings. The van der Waals surface area contributed by atoms with Gasteiger partial charge in [0, 0.05) is 19.1 Å². The zero-order chi connectivity index (χ0) is 14.8. The fraction of sp³-hybridized carbons (Fsp3) is 0.500. The summed E-state index contributed by atoms with van der Waals surface area (Å²) >= 11 is 0. The molecule has 1 heterocycles. The first-order valence-corrected chi connectivity index (χ1v) is 8.26. The van der Waals surface area contributed by atoms with Crippen molar-refractivity contribution >= 4 is 10.0 Å². The number of nitrogens with two attached hydrogens (primary N) is 1. The van der Waals surface area contributed by atoms with Crippen LogP contribution in [0.2, 0.25) is 0 Å². The smallest absolute Gasteiger partial charge is 0.218 e. The largest absolute Gasteiger partial charge is 0.326 e. The summed E-state index contributed by atoms with van der Waals surface area (Å²) in [6.07, 6.45) is 0.790. The van der Waals surface area contributed by atoms with Crippen LogP contribution in [0.1, 0.15) is 24.5 Å². The molecule has 0 aromatic heterocycles. The van der Waals surface area contributed by atoms with Crippen LogP contribution in [0.3, 0.4) is 0 Å². The number of rotatable bonds is 3. The van der Waals surface area contributed by atoms with Gasteiger partial charge in [0.25, 0.3) is 0 Å². The number of hydrogen-bond donors (Lipinski definition) is 1. The first-order chi connectivity index (χ1) is 9.42. The molecule has 108 valence electrons. The average molecular weight is 293 g/mol. The summed E-state index contributed by atoms with van der Waals surface area (Å²) in [7, 11) is -3.37. The Kier molecular flexibility index (Phi) is 4.43. The molecular weight excluding hydrogens is 274 g/mol. The highest BCUT2D eigenvalue weighted by molar-refractivity contribution is 7.88. The van der Waals surface area contributed by atoms with E-state index in [9.17, 15) is 8.42 Å². The number of hydrogen-bond acceptors (Lipinski definition) is 4.